The van der Waals surface area contributed by atoms with Crippen LogP contribution < -0.4 is 10.5 Å². The van der Waals surface area contributed by atoms with Gasteiger partial charge in [-0.3, -0.25) is 29.0 Å². The van der Waals surface area contributed by atoms with Crippen molar-refractivity contribution in [1.29, 1.82) is 0 Å². The SMILES string of the molecule is O=C(c1cc(N2CCN(Cc3cc(=O)n4ccsc4n3)CC2)ccc1[N+](=O)[O-])N1CCCC1. The molecule has 172 valence electrons. The van der Waals surface area contributed by atoms with Gasteiger partial charge in [0.1, 0.15) is 5.56 Å². The van der Waals surface area contributed by atoms with Gasteiger partial charge in [0.2, 0.25) is 0 Å². The first kappa shape index (κ1) is 21.5. The maximum Gasteiger partial charge on any atom is 0.282 e. The highest BCUT2D eigenvalue weighted by Gasteiger charge is 2.28. The number of fused-ring (bicyclic) bond motifs is 1. The van der Waals surface area contributed by atoms with Gasteiger partial charge in [-0.25, -0.2) is 4.98 Å². The van der Waals surface area contributed by atoms with Gasteiger partial charge in [-0.05, 0) is 25.0 Å². The molecule has 0 bridgehead atoms. The lowest BCUT2D eigenvalue weighted by Gasteiger charge is -2.36. The summed E-state index contributed by atoms with van der Waals surface area (Å²) in [6.45, 7) is 4.85. The van der Waals surface area contributed by atoms with Gasteiger partial charge in [0, 0.05) is 75.2 Å². The number of nitro benzene ring substituents is 1. The molecule has 2 aliphatic heterocycles. The summed E-state index contributed by atoms with van der Waals surface area (Å²) in [7, 11) is 0. The van der Waals surface area contributed by atoms with E-state index >= 15 is 0 Å². The van der Waals surface area contributed by atoms with Crippen molar-refractivity contribution in [3.05, 3.63) is 67.6 Å². The maximum atomic E-state index is 12.9. The molecule has 2 fully saturated rings. The molecule has 3 aromatic rings. The summed E-state index contributed by atoms with van der Waals surface area (Å²) < 4.78 is 1.54. The molecule has 10 nitrogen and oxygen atoms in total. The predicted molar refractivity (Wildman–Crippen MR) is 125 cm³/mol. The highest BCUT2D eigenvalue weighted by Crippen LogP contribution is 2.28. The van der Waals surface area contributed by atoms with Crippen LogP contribution in [0.2, 0.25) is 0 Å². The van der Waals surface area contributed by atoms with E-state index in [1.165, 1.54) is 17.4 Å². The molecule has 1 amide bonds. The standard InChI is InChI=1S/C22H24N6O4S/c29-20-13-16(23-22-27(20)11-12-33-22)15-24-7-9-25(10-8-24)17-3-4-19(28(31)32)18(14-17)21(30)26-5-1-2-6-26/h3-4,11-14H,1-2,5-10,15H2. The summed E-state index contributed by atoms with van der Waals surface area (Å²) in [5.41, 5.74) is 1.52. The summed E-state index contributed by atoms with van der Waals surface area (Å²) in [5.74, 6) is -0.263. The second kappa shape index (κ2) is 8.91. The Bertz CT molecular complexity index is 1260. The van der Waals surface area contributed by atoms with Crippen LogP contribution >= 0.6 is 11.3 Å². The Kier molecular flexibility index (Phi) is 5.81. The van der Waals surface area contributed by atoms with Crippen LogP contribution in [-0.4, -0.2) is 69.3 Å². The molecule has 0 atom stereocenters. The molecule has 2 saturated heterocycles. The minimum absolute atomic E-state index is 0.0732. The third kappa shape index (κ3) is 4.33. The molecular weight excluding hydrogens is 444 g/mol. The number of benzene rings is 1. The van der Waals surface area contributed by atoms with E-state index in [4.69, 9.17) is 0 Å². The summed E-state index contributed by atoms with van der Waals surface area (Å²) >= 11 is 1.44. The highest BCUT2D eigenvalue weighted by molar-refractivity contribution is 7.15. The second-order valence-electron chi connectivity index (χ2n) is 8.36. The Morgan fingerprint density at radius 3 is 2.58 bits per heavy atom. The molecule has 33 heavy (non-hydrogen) atoms. The number of piperazine rings is 1. The number of nitrogens with zero attached hydrogens (tertiary/aromatic N) is 6. The molecule has 1 aromatic carbocycles. The summed E-state index contributed by atoms with van der Waals surface area (Å²) in [6.07, 6.45) is 3.59. The third-order valence-electron chi connectivity index (χ3n) is 6.28. The fourth-order valence-corrected chi connectivity index (χ4v) is 5.24. The van der Waals surface area contributed by atoms with E-state index < -0.39 is 4.92 Å². The van der Waals surface area contributed by atoms with E-state index in [0.717, 1.165) is 50.4 Å². The van der Waals surface area contributed by atoms with Crippen molar-refractivity contribution in [3.8, 4) is 0 Å². The second-order valence-corrected chi connectivity index (χ2v) is 9.24. The molecule has 2 aliphatic rings. The lowest BCUT2D eigenvalue weighted by molar-refractivity contribution is -0.385. The zero-order valence-corrected chi connectivity index (χ0v) is 18.9. The van der Waals surface area contributed by atoms with E-state index in [1.807, 2.05) is 5.38 Å². The van der Waals surface area contributed by atoms with Gasteiger partial charge in [-0.1, -0.05) is 0 Å². The van der Waals surface area contributed by atoms with Crippen LogP contribution in [0.25, 0.3) is 4.96 Å². The molecule has 11 heteroatoms. The number of thiazole rings is 1. The number of rotatable bonds is 5. The van der Waals surface area contributed by atoms with Crippen LogP contribution in [0.4, 0.5) is 11.4 Å². The van der Waals surface area contributed by atoms with Crippen LogP contribution in [-0.2, 0) is 6.54 Å². The third-order valence-corrected chi connectivity index (χ3v) is 7.04. The smallest absolute Gasteiger partial charge is 0.282 e. The number of likely N-dealkylation sites (tertiary alicyclic amines) is 1. The molecule has 0 radical (unpaired) electrons. The topological polar surface area (TPSA) is 104 Å². The maximum absolute atomic E-state index is 12.9. The molecule has 4 heterocycles. The Morgan fingerprint density at radius 2 is 1.85 bits per heavy atom. The number of amides is 1. The Hall–Kier alpha value is -3.31. The van der Waals surface area contributed by atoms with Gasteiger partial charge in [-0.15, -0.1) is 11.3 Å². The van der Waals surface area contributed by atoms with Crippen molar-refractivity contribution in [2.45, 2.75) is 19.4 Å². The Labute approximate surface area is 193 Å². The molecule has 0 N–H and O–H groups in total. The van der Waals surface area contributed by atoms with Crippen molar-refractivity contribution in [2.24, 2.45) is 0 Å². The van der Waals surface area contributed by atoms with Crippen LogP contribution in [0.5, 0.6) is 0 Å². The molecule has 0 aliphatic carbocycles. The van der Waals surface area contributed by atoms with E-state index in [-0.39, 0.29) is 22.7 Å². The first-order valence-electron chi connectivity index (χ1n) is 11.0. The summed E-state index contributed by atoms with van der Waals surface area (Å²) in [6, 6.07) is 6.42. The number of carbonyl (C=O) groups is 1. The first-order valence-corrected chi connectivity index (χ1v) is 11.9. The first-order chi connectivity index (χ1) is 16.0. The van der Waals surface area contributed by atoms with Crippen LogP contribution in [0.3, 0.4) is 0 Å². The average Bonchev–Trinajstić information content (AvgIpc) is 3.51. The fourth-order valence-electron chi connectivity index (χ4n) is 4.50. The fraction of sp³-hybridized carbons (Fsp3) is 0.409. The largest absolute Gasteiger partial charge is 0.369 e. The van der Waals surface area contributed by atoms with Gasteiger partial charge in [0.25, 0.3) is 17.2 Å². The number of aromatic nitrogens is 2. The quantitative estimate of drug-likeness (QED) is 0.418. The number of nitro groups is 1. The van der Waals surface area contributed by atoms with Gasteiger partial charge < -0.3 is 9.80 Å². The highest BCUT2D eigenvalue weighted by atomic mass is 32.1. The van der Waals surface area contributed by atoms with Crippen molar-refractivity contribution in [2.75, 3.05) is 44.2 Å². The zero-order valence-electron chi connectivity index (χ0n) is 18.1. The molecule has 2 aromatic heterocycles. The van der Waals surface area contributed by atoms with Crippen molar-refractivity contribution in [1.82, 2.24) is 19.2 Å². The predicted octanol–water partition coefficient (Wildman–Crippen LogP) is 2.22. The number of carbonyl (C=O) groups excluding carboxylic acids is 1. The number of hydrogen-bond donors (Lipinski definition) is 0. The lowest BCUT2D eigenvalue weighted by atomic mass is 10.1. The Balaban J connectivity index is 1.29. The number of anilines is 1. The van der Waals surface area contributed by atoms with Gasteiger partial charge >= 0.3 is 0 Å². The van der Waals surface area contributed by atoms with E-state index in [0.29, 0.717) is 24.6 Å². The van der Waals surface area contributed by atoms with Crippen molar-refractivity contribution >= 4 is 33.6 Å². The molecule has 0 unspecified atom stereocenters. The van der Waals surface area contributed by atoms with E-state index in [9.17, 15) is 19.7 Å². The normalized spacial score (nSPS) is 17.1. The molecular formula is C22H24N6O4S. The number of hydrogen-bond acceptors (Lipinski definition) is 8. The lowest BCUT2D eigenvalue weighted by Crippen LogP contribution is -2.46. The minimum Gasteiger partial charge on any atom is -0.369 e. The van der Waals surface area contributed by atoms with Crippen LogP contribution in [0.1, 0.15) is 28.9 Å². The minimum atomic E-state index is -0.481. The summed E-state index contributed by atoms with van der Waals surface area (Å²) in [5, 5.41) is 13.4. The van der Waals surface area contributed by atoms with Gasteiger partial charge in [-0.2, -0.15) is 0 Å². The van der Waals surface area contributed by atoms with Crippen LogP contribution in [0.15, 0.2) is 40.6 Å². The zero-order chi connectivity index (χ0) is 22.9. The van der Waals surface area contributed by atoms with Crippen molar-refractivity contribution < 1.29 is 9.72 Å². The van der Waals surface area contributed by atoms with Crippen molar-refractivity contribution in [3.63, 3.8) is 0 Å². The molecule has 0 spiro atoms. The molecule has 0 saturated carbocycles. The molecule has 5 rings (SSSR count). The monoisotopic (exact) mass is 468 g/mol. The van der Waals surface area contributed by atoms with Crippen LogP contribution in [0, 0.1) is 10.1 Å². The van der Waals surface area contributed by atoms with Gasteiger partial charge in [0.05, 0.1) is 10.6 Å². The van der Waals surface area contributed by atoms with E-state index in [2.05, 4.69) is 14.8 Å². The summed E-state index contributed by atoms with van der Waals surface area (Å²) in [4.78, 5) is 47.5. The average molecular weight is 469 g/mol. The van der Waals surface area contributed by atoms with Gasteiger partial charge in [0.15, 0.2) is 4.96 Å². The Morgan fingerprint density at radius 1 is 1.09 bits per heavy atom. The van der Waals surface area contributed by atoms with E-state index in [1.54, 1.807) is 33.7 Å².